The summed E-state index contributed by atoms with van der Waals surface area (Å²) in [7, 11) is 0. The smallest absolute Gasteiger partial charge is 0.255 e. The van der Waals surface area contributed by atoms with E-state index in [1.54, 1.807) is 36.9 Å². The van der Waals surface area contributed by atoms with Crippen LogP contribution in [0.25, 0.3) is 11.4 Å². The first-order valence-corrected chi connectivity index (χ1v) is 8.31. The molecule has 3 aromatic rings. The summed E-state index contributed by atoms with van der Waals surface area (Å²) < 4.78 is 20.0. The van der Waals surface area contributed by atoms with E-state index in [0.717, 1.165) is 0 Å². The molecule has 8 heteroatoms. The molecular weight excluding hydrogens is 337 g/mol. The van der Waals surface area contributed by atoms with Gasteiger partial charge in [-0.2, -0.15) is 10.1 Å². The molecule has 1 aromatic carbocycles. The van der Waals surface area contributed by atoms with E-state index in [1.807, 2.05) is 13.8 Å². The first-order chi connectivity index (χ1) is 12.3. The molecule has 2 aromatic heterocycles. The van der Waals surface area contributed by atoms with Gasteiger partial charge in [-0.3, -0.25) is 9.48 Å². The van der Waals surface area contributed by atoms with Crippen molar-refractivity contribution in [2.24, 2.45) is 0 Å². The fraction of sp³-hybridized carbons (Fsp3) is 0.333. The predicted octanol–water partition coefficient (Wildman–Crippen LogP) is 3.45. The molecule has 1 amide bonds. The molecule has 3 rings (SSSR count). The minimum Gasteiger partial charge on any atom is -0.340 e. The van der Waals surface area contributed by atoms with E-state index in [1.165, 1.54) is 12.1 Å². The first-order valence-electron chi connectivity index (χ1n) is 8.31. The van der Waals surface area contributed by atoms with Crippen molar-refractivity contribution in [1.29, 1.82) is 0 Å². The Morgan fingerprint density at radius 1 is 1.23 bits per heavy atom. The lowest BCUT2D eigenvalue weighted by Crippen LogP contribution is -2.27. The van der Waals surface area contributed by atoms with Crippen LogP contribution in [0.3, 0.4) is 0 Å². The topological polar surface area (TPSA) is 85.8 Å². The van der Waals surface area contributed by atoms with Gasteiger partial charge in [-0.1, -0.05) is 5.16 Å². The Hall–Kier alpha value is -3.03. The van der Waals surface area contributed by atoms with Crippen LogP contribution in [0.15, 0.2) is 35.0 Å². The summed E-state index contributed by atoms with van der Waals surface area (Å²) in [6.45, 7) is 7.53. The summed E-state index contributed by atoms with van der Waals surface area (Å²) in [6.07, 6.45) is 1.72. The summed E-state index contributed by atoms with van der Waals surface area (Å²) in [6, 6.07) is 5.47. The fourth-order valence-corrected chi connectivity index (χ4v) is 2.43. The number of rotatable bonds is 5. The normalized spacial score (nSPS) is 12.4. The highest BCUT2D eigenvalue weighted by molar-refractivity contribution is 5.95. The van der Waals surface area contributed by atoms with Gasteiger partial charge >= 0.3 is 0 Å². The third kappa shape index (κ3) is 3.63. The van der Waals surface area contributed by atoms with Crippen molar-refractivity contribution in [3.05, 3.63) is 53.4 Å². The van der Waals surface area contributed by atoms with Crippen molar-refractivity contribution in [2.45, 2.75) is 39.8 Å². The van der Waals surface area contributed by atoms with Crippen molar-refractivity contribution in [2.75, 3.05) is 0 Å². The number of halogens is 1. The van der Waals surface area contributed by atoms with Crippen LogP contribution in [-0.4, -0.2) is 25.8 Å². The molecule has 136 valence electrons. The number of aromatic nitrogens is 4. The van der Waals surface area contributed by atoms with Crippen LogP contribution in [0, 0.1) is 12.7 Å². The van der Waals surface area contributed by atoms with Gasteiger partial charge in [0.15, 0.2) is 0 Å². The maximum Gasteiger partial charge on any atom is 0.255 e. The number of carbonyl (C=O) groups excluding carboxylic acids is 1. The average molecular weight is 357 g/mol. The molecular formula is C18H20FN5O2. The summed E-state index contributed by atoms with van der Waals surface area (Å²) in [5, 5.41) is 11.1. The van der Waals surface area contributed by atoms with Crippen LogP contribution in [-0.2, 0) is 0 Å². The first kappa shape index (κ1) is 17.8. The number of nitrogens with zero attached hydrogens (tertiary/aromatic N) is 4. The highest BCUT2D eigenvalue weighted by Crippen LogP contribution is 2.19. The lowest BCUT2D eigenvalue weighted by atomic mass is 10.2. The molecule has 0 fully saturated rings. The number of amides is 1. The third-order valence-electron chi connectivity index (χ3n) is 3.95. The SMILES string of the molecule is Cc1nn(C(C)C)cc1C(=O)N[C@@H](C)c1nc(-c2ccc(F)cc2)no1. The van der Waals surface area contributed by atoms with Crippen molar-refractivity contribution in [3.8, 4) is 11.4 Å². The molecule has 0 bridgehead atoms. The van der Waals surface area contributed by atoms with E-state index in [-0.39, 0.29) is 23.7 Å². The standard InChI is InChI=1S/C18H20FN5O2/c1-10(2)24-9-15(11(3)22-24)17(25)20-12(4)18-21-16(23-26-18)13-5-7-14(19)8-6-13/h5-10,12H,1-4H3,(H,20,25)/t12-/m0/s1. The molecule has 0 unspecified atom stereocenters. The van der Waals surface area contributed by atoms with Crippen molar-refractivity contribution < 1.29 is 13.7 Å². The summed E-state index contributed by atoms with van der Waals surface area (Å²) >= 11 is 0. The molecule has 0 radical (unpaired) electrons. The lowest BCUT2D eigenvalue weighted by Gasteiger charge is -2.08. The number of hydrogen-bond donors (Lipinski definition) is 1. The average Bonchev–Trinajstić information content (AvgIpc) is 3.22. The zero-order valence-corrected chi connectivity index (χ0v) is 15.0. The molecule has 2 heterocycles. The fourth-order valence-electron chi connectivity index (χ4n) is 2.43. The number of hydrogen-bond acceptors (Lipinski definition) is 5. The van der Waals surface area contributed by atoms with E-state index in [9.17, 15) is 9.18 Å². The van der Waals surface area contributed by atoms with Crippen LogP contribution >= 0.6 is 0 Å². The van der Waals surface area contributed by atoms with Gasteiger partial charge in [0.25, 0.3) is 5.91 Å². The minimum absolute atomic E-state index is 0.168. The van der Waals surface area contributed by atoms with Crippen molar-refractivity contribution in [1.82, 2.24) is 25.2 Å². The van der Waals surface area contributed by atoms with E-state index in [4.69, 9.17) is 4.52 Å². The molecule has 0 aliphatic rings. The molecule has 0 aliphatic heterocycles. The maximum atomic E-state index is 13.0. The van der Waals surface area contributed by atoms with Gasteiger partial charge in [-0.25, -0.2) is 4.39 Å². The zero-order valence-electron chi connectivity index (χ0n) is 15.0. The number of nitrogens with one attached hydrogen (secondary N) is 1. The summed E-state index contributed by atoms with van der Waals surface area (Å²) in [5.74, 6) is 0.00957. The van der Waals surface area contributed by atoms with Crippen LogP contribution < -0.4 is 5.32 Å². The highest BCUT2D eigenvalue weighted by atomic mass is 19.1. The van der Waals surface area contributed by atoms with Crippen molar-refractivity contribution in [3.63, 3.8) is 0 Å². The Morgan fingerprint density at radius 3 is 2.54 bits per heavy atom. The van der Waals surface area contributed by atoms with Gasteiger partial charge in [-0.05, 0) is 52.0 Å². The molecule has 0 aliphatic carbocycles. The Labute approximate surface area is 150 Å². The van der Waals surface area contributed by atoms with Gasteiger partial charge in [0, 0.05) is 17.8 Å². The Bertz CT molecular complexity index is 914. The molecule has 26 heavy (non-hydrogen) atoms. The van der Waals surface area contributed by atoms with Gasteiger partial charge in [0.1, 0.15) is 11.9 Å². The summed E-state index contributed by atoms with van der Waals surface area (Å²) in [4.78, 5) is 16.8. The van der Waals surface area contributed by atoms with Crippen LogP contribution in [0.4, 0.5) is 4.39 Å². The molecule has 0 saturated carbocycles. The van der Waals surface area contributed by atoms with Gasteiger partial charge < -0.3 is 9.84 Å². The Balaban J connectivity index is 1.73. The second kappa shape index (κ2) is 7.07. The second-order valence-corrected chi connectivity index (χ2v) is 6.36. The minimum atomic E-state index is -0.481. The van der Waals surface area contributed by atoms with Gasteiger partial charge in [0.2, 0.25) is 11.7 Å². The quantitative estimate of drug-likeness (QED) is 0.756. The van der Waals surface area contributed by atoms with Gasteiger partial charge in [0.05, 0.1) is 11.3 Å². The van der Waals surface area contributed by atoms with E-state index < -0.39 is 6.04 Å². The van der Waals surface area contributed by atoms with Crippen molar-refractivity contribution >= 4 is 5.91 Å². The predicted molar refractivity (Wildman–Crippen MR) is 92.9 cm³/mol. The highest BCUT2D eigenvalue weighted by Gasteiger charge is 2.21. The molecule has 0 saturated heterocycles. The Kier molecular flexibility index (Phi) is 4.83. The monoisotopic (exact) mass is 357 g/mol. The third-order valence-corrected chi connectivity index (χ3v) is 3.95. The van der Waals surface area contributed by atoms with Crippen LogP contribution in [0.5, 0.6) is 0 Å². The number of aryl methyl sites for hydroxylation is 1. The second-order valence-electron chi connectivity index (χ2n) is 6.36. The maximum absolute atomic E-state index is 13.0. The number of benzene rings is 1. The van der Waals surface area contributed by atoms with Crippen LogP contribution in [0.1, 0.15) is 54.8 Å². The van der Waals surface area contributed by atoms with Gasteiger partial charge in [-0.15, -0.1) is 0 Å². The van der Waals surface area contributed by atoms with Crippen LogP contribution in [0.2, 0.25) is 0 Å². The lowest BCUT2D eigenvalue weighted by molar-refractivity contribution is 0.0932. The summed E-state index contributed by atoms with van der Waals surface area (Å²) in [5.41, 5.74) is 1.79. The largest absolute Gasteiger partial charge is 0.340 e. The van der Waals surface area contributed by atoms with E-state index in [2.05, 4.69) is 20.6 Å². The Morgan fingerprint density at radius 2 is 1.92 bits per heavy atom. The molecule has 1 N–H and O–H groups in total. The van der Waals surface area contributed by atoms with E-state index >= 15 is 0 Å². The molecule has 1 atom stereocenters. The zero-order chi connectivity index (χ0) is 18.8. The number of carbonyl (C=O) groups is 1. The molecule has 7 nitrogen and oxygen atoms in total. The van der Waals surface area contributed by atoms with E-state index in [0.29, 0.717) is 22.6 Å². The molecule has 0 spiro atoms.